The highest BCUT2D eigenvalue weighted by molar-refractivity contribution is 5.96. The van der Waals surface area contributed by atoms with Gasteiger partial charge in [-0.25, -0.2) is 8.78 Å². The van der Waals surface area contributed by atoms with Crippen LogP contribution in [0.5, 0.6) is 11.5 Å². The minimum atomic E-state index is -0.950. The van der Waals surface area contributed by atoms with Crippen molar-refractivity contribution in [3.8, 4) is 11.5 Å². The topological polar surface area (TPSA) is 70.6 Å². The Morgan fingerprint density at radius 1 is 1.10 bits per heavy atom. The van der Waals surface area contributed by atoms with Gasteiger partial charge in [0, 0.05) is 11.6 Å². The number of phenolic OH excluding ortho intramolecular Hbond substituents is 1. The van der Waals surface area contributed by atoms with Gasteiger partial charge in [0.2, 0.25) is 0 Å². The van der Waals surface area contributed by atoms with E-state index in [0.29, 0.717) is 28.1 Å². The third-order valence-electron chi connectivity index (χ3n) is 5.41. The summed E-state index contributed by atoms with van der Waals surface area (Å²) in [6, 6.07) is 4.58. The molecule has 0 spiro atoms. The zero-order valence-corrected chi connectivity index (χ0v) is 19.0. The number of carbonyl (C=O) groups excluding carboxylic acids is 1. The standard InChI is InChI=1S/C24H30F2N2O3/c1-12-8-17-16(10-15(12)25)27-11-18(31-17)22(30)28-20-13(23(2,3)4)9-14(24(5,6)7)21(29)19(20)26/h8-10,18,27,29H,11H2,1-7H3,(H,28,30). The van der Waals surface area contributed by atoms with E-state index < -0.39 is 34.4 Å². The number of amides is 1. The molecule has 0 saturated heterocycles. The van der Waals surface area contributed by atoms with E-state index >= 15 is 4.39 Å². The van der Waals surface area contributed by atoms with Gasteiger partial charge in [-0.15, -0.1) is 0 Å². The number of anilines is 2. The minimum absolute atomic E-state index is 0.0623. The van der Waals surface area contributed by atoms with E-state index in [1.165, 1.54) is 12.1 Å². The average molecular weight is 433 g/mol. The molecule has 1 amide bonds. The van der Waals surface area contributed by atoms with Gasteiger partial charge in [-0.05, 0) is 41.0 Å². The van der Waals surface area contributed by atoms with Gasteiger partial charge in [-0.1, -0.05) is 41.5 Å². The van der Waals surface area contributed by atoms with Crippen LogP contribution < -0.4 is 15.4 Å². The number of hydrogen-bond acceptors (Lipinski definition) is 4. The first kappa shape index (κ1) is 22.8. The van der Waals surface area contributed by atoms with Crippen molar-refractivity contribution in [2.45, 2.75) is 65.4 Å². The molecule has 0 saturated carbocycles. The van der Waals surface area contributed by atoms with E-state index in [4.69, 9.17) is 4.74 Å². The van der Waals surface area contributed by atoms with E-state index in [0.717, 1.165) is 0 Å². The van der Waals surface area contributed by atoms with Gasteiger partial charge in [-0.3, -0.25) is 4.79 Å². The minimum Gasteiger partial charge on any atom is -0.505 e. The van der Waals surface area contributed by atoms with Gasteiger partial charge >= 0.3 is 0 Å². The molecule has 5 nitrogen and oxygen atoms in total. The molecule has 2 aromatic rings. The predicted octanol–water partition coefficient (Wildman–Crippen LogP) is 5.39. The number of aryl methyl sites for hydroxylation is 1. The van der Waals surface area contributed by atoms with Crippen LogP contribution >= 0.6 is 0 Å². The number of benzene rings is 2. The first-order chi connectivity index (χ1) is 14.2. The summed E-state index contributed by atoms with van der Waals surface area (Å²) in [5, 5.41) is 16.1. The average Bonchev–Trinajstić information content (AvgIpc) is 2.64. The zero-order valence-electron chi connectivity index (χ0n) is 19.0. The molecule has 0 aromatic heterocycles. The molecule has 1 atom stereocenters. The van der Waals surface area contributed by atoms with Crippen LogP contribution in [0.3, 0.4) is 0 Å². The van der Waals surface area contributed by atoms with Crippen LogP contribution in [0, 0.1) is 18.6 Å². The second-order valence-electron chi connectivity index (χ2n) is 10.1. The van der Waals surface area contributed by atoms with Crippen LogP contribution in [0.2, 0.25) is 0 Å². The van der Waals surface area contributed by atoms with Crippen LogP contribution in [0.1, 0.15) is 58.2 Å². The maximum atomic E-state index is 15.3. The third-order valence-corrected chi connectivity index (χ3v) is 5.41. The lowest BCUT2D eigenvalue weighted by molar-refractivity contribution is -0.122. The first-order valence-corrected chi connectivity index (χ1v) is 10.3. The molecule has 0 bridgehead atoms. The van der Waals surface area contributed by atoms with Crippen LogP contribution in [-0.2, 0) is 15.6 Å². The van der Waals surface area contributed by atoms with Crippen molar-refractivity contribution in [1.82, 2.24) is 0 Å². The molecule has 0 radical (unpaired) electrons. The highest BCUT2D eigenvalue weighted by Gasteiger charge is 2.33. The number of rotatable bonds is 2. The summed E-state index contributed by atoms with van der Waals surface area (Å²) in [7, 11) is 0. The normalized spacial score (nSPS) is 16.2. The van der Waals surface area contributed by atoms with Crippen LogP contribution in [0.15, 0.2) is 18.2 Å². The maximum Gasteiger partial charge on any atom is 0.267 e. The molecule has 0 aliphatic carbocycles. The van der Waals surface area contributed by atoms with Crippen molar-refractivity contribution in [3.05, 3.63) is 46.5 Å². The van der Waals surface area contributed by atoms with E-state index in [2.05, 4.69) is 10.6 Å². The van der Waals surface area contributed by atoms with Gasteiger partial charge in [0.1, 0.15) is 11.6 Å². The molecular weight excluding hydrogens is 402 g/mol. The van der Waals surface area contributed by atoms with Crippen molar-refractivity contribution in [2.24, 2.45) is 0 Å². The highest BCUT2D eigenvalue weighted by atomic mass is 19.1. The van der Waals surface area contributed by atoms with Gasteiger partial charge in [-0.2, -0.15) is 0 Å². The Balaban J connectivity index is 1.96. The summed E-state index contributed by atoms with van der Waals surface area (Å²) in [6.07, 6.45) is -0.950. The summed E-state index contributed by atoms with van der Waals surface area (Å²) in [4.78, 5) is 13.0. The highest BCUT2D eigenvalue weighted by Crippen LogP contribution is 2.42. The fourth-order valence-electron chi connectivity index (χ4n) is 3.56. The number of halogens is 2. The molecule has 3 N–H and O–H groups in total. The molecule has 7 heteroatoms. The molecule has 168 valence electrons. The SMILES string of the molecule is Cc1cc2c(cc1F)NCC(C(=O)Nc1c(C(C)(C)C)cc(C(C)(C)C)c(O)c1F)O2. The first-order valence-electron chi connectivity index (χ1n) is 10.3. The number of carbonyl (C=O) groups is 1. The molecule has 1 heterocycles. The summed E-state index contributed by atoms with van der Waals surface area (Å²) < 4.78 is 34.8. The van der Waals surface area contributed by atoms with E-state index in [9.17, 15) is 14.3 Å². The maximum absolute atomic E-state index is 15.3. The van der Waals surface area contributed by atoms with Crippen molar-refractivity contribution >= 4 is 17.3 Å². The zero-order chi connectivity index (χ0) is 23.3. The Bertz CT molecular complexity index is 1040. The molecular formula is C24H30F2N2O3. The smallest absolute Gasteiger partial charge is 0.267 e. The van der Waals surface area contributed by atoms with Gasteiger partial charge in [0.05, 0.1) is 17.9 Å². The second kappa shape index (κ2) is 7.70. The lowest BCUT2D eigenvalue weighted by Crippen LogP contribution is -2.41. The number of nitrogens with one attached hydrogen (secondary N) is 2. The van der Waals surface area contributed by atoms with Crippen molar-refractivity contribution < 1.29 is 23.4 Å². The number of hydrogen-bond donors (Lipinski definition) is 3. The lowest BCUT2D eigenvalue weighted by Gasteiger charge is -2.30. The van der Waals surface area contributed by atoms with Gasteiger partial charge < -0.3 is 20.5 Å². The Morgan fingerprint density at radius 3 is 2.29 bits per heavy atom. The lowest BCUT2D eigenvalue weighted by atomic mass is 9.79. The number of aromatic hydroxyl groups is 1. The Hall–Kier alpha value is -2.83. The van der Waals surface area contributed by atoms with Crippen molar-refractivity contribution in [1.29, 1.82) is 0 Å². The monoisotopic (exact) mass is 432 g/mol. The molecule has 31 heavy (non-hydrogen) atoms. The van der Waals surface area contributed by atoms with Crippen LogP contribution in [0.4, 0.5) is 20.2 Å². The largest absolute Gasteiger partial charge is 0.505 e. The van der Waals surface area contributed by atoms with Crippen molar-refractivity contribution in [2.75, 3.05) is 17.2 Å². The van der Waals surface area contributed by atoms with Gasteiger partial charge in [0.25, 0.3) is 5.91 Å². The Kier molecular flexibility index (Phi) is 5.67. The summed E-state index contributed by atoms with van der Waals surface area (Å²) in [5.74, 6) is -1.92. The van der Waals surface area contributed by atoms with Gasteiger partial charge in [0.15, 0.2) is 17.7 Å². The molecule has 0 fully saturated rings. The summed E-state index contributed by atoms with van der Waals surface area (Å²) in [5.41, 5.74) is 0.849. The second-order valence-corrected chi connectivity index (χ2v) is 10.1. The fraction of sp³-hybridized carbons (Fsp3) is 0.458. The molecule has 1 aliphatic heterocycles. The molecule has 3 rings (SSSR count). The van der Waals surface area contributed by atoms with Crippen LogP contribution in [0.25, 0.3) is 0 Å². The van der Waals surface area contributed by atoms with Crippen LogP contribution in [-0.4, -0.2) is 23.7 Å². The van der Waals surface area contributed by atoms with E-state index in [1.807, 2.05) is 41.5 Å². The van der Waals surface area contributed by atoms with E-state index in [1.54, 1.807) is 13.0 Å². The Morgan fingerprint density at radius 2 is 1.71 bits per heavy atom. The molecule has 1 unspecified atom stereocenters. The molecule has 1 aliphatic rings. The molecule has 2 aromatic carbocycles. The number of phenols is 1. The number of ether oxygens (including phenoxy) is 1. The summed E-state index contributed by atoms with van der Waals surface area (Å²) in [6.45, 7) is 13.1. The van der Waals surface area contributed by atoms with Crippen molar-refractivity contribution in [3.63, 3.8) is 0 Å². The van der Waals surface area contributed by atoms with E-state index in [-0.39, 0.29) is 18.0 Å². The quantitative estimate of drug-likeness (QED) is 0.595. The number of fused-ring (bicyclic) bond motifs is 1. The Labute approximate surface area is 181 Å². The predicted molar refractivity (Wildman–Crippen MR) is 118 cm³/mol. The fourth-order valence-corrected chi connectivity index (χ4v) is 3.56. The third kappa shape index (κ3) is 4.45. The summed E-state index contributed by atoms with van der Waals surface area (Å²) >= 11 is 0.